The highest BCUT2D eigenvalue weighted by Gasteiger charge is 2.32. The summed E-state index contributed by atoms with van der Waals surface area (Å²) in [6.45, 7) is 3.50. The summed E-state index contributed by atoms with van der Waals surface area (Å²) in [7, 11) is -3.44. The van der Waals surface area contributed by atoms with Crippen LogP contribution in [0, 0.1) is 0 Å². The van der Waals surface area contributed by atoms with E-state index in [1.54, 1.807) is 11.3 Å². The smallest absolute Gasteiger partial charge is 0.185 e. The molecule has 1 aromatic heterocycles. The number of anilines is 1. The van der Waals surface area contributed by atoms with Gasteiger partial charge < -0.3 is 4.90 Å². The number of aryl methyl sites for hydroxylation is 1. The summed E-state index contributed by atoms with van der Waals surface area (Å²) >= 11 is 13.6. The van der Waals surface area contributed by atoms with E-state index in [-0.39, 0.29) is 9.92 Å². The molecular weight excluding hydrogens is 471 g/mol. The Morgan fingerprint density at radius 3 is 2.42 bits per heavy atom. The van der Waals surface area contributed by atoms with E-state index in [4.69, 9.17) is 28.2 Å². The van der Waals surface area contributed by atoms with Gasteiger partial charge in [0.05, 0.1) is 25.9 Å². The van der Waals surface area contributed by atoms with Crippen LogP contribution in [0.15, 0.2) is 52.7 Å². The average molecular weight is 495 g/mol. The first-order valence-electron chi connectivity index (χ1n) is 10.4. The number of thiazole rings is 1. The molecule has 3 aromatic rings. The van der Waals surface area contributed by atoms with Crippen LogP contribution in [0.1, 0.15) is 31.7 Å². The van der Waals surface area contributed by atoms with Gasteiger partial charge in [0, 0.05) is 24.0 Å². The van der Waals surface area contributed by atoms with E-state index in [9.17, 15) is 8.42 Å². The fourth-order valence-corrected chi connectivity index (χ4v) is 6.88. The molecule has 1 saturated heterocycles. The monoisotopic (exact) mass is 494 g/mol. The maximum absolute atomic E-state index is 13.0. The molecule has 31 heavy (non-hydrogen) atoms. The van der Waals surface area contributed by atoms with Crippen molar-refractivity contribution in [1.82, 2.24) is 4.98 Å². The number of hydrogen-bond acceptors (Lipinski definition) is 5. The van der Waals surface area contributed by atoms with Gasteiger partial charge in [0.25, 0.3) is 0 Å². The van der Waals surface area contributed by atoms with Gasteiger partial charge in [0.1, 0.15) is 0 Å². The molecule has 0 amide bonds. The molecule has 0 radical (unpaired) electrons. The zero-order valence-corrected chi connectivity index (χ0v) is 20.4. The van der Waals surface area contributed by atoms with Crippen molar-refractivity contribution in [3.8, 4) is 11.3 Å². The molecule has 0 aliphatic carbocycles. The lowest BCUT2D eigenvalue weighted by molar-refractivity contribution is 0.529. The van der Waals surface area contributed by atoms with Crippen LogP contribution in [0.4, 0.5) is 5.13 Å². The molecule has 1 aliphatic rings. The molecule has 4 rings (SSSR count). The Labute approximate surface area is 197 Å². The molecule has 0 bridgehead atoms. The zero-order chi connectivity index (χ0) is 22.0. The van der Waals surface area contributed by atoms with Crippen molar-refractivity contribution in [2.45, 2.75) is 42.8 Å². The van der Waals surface area contributed by atoms with Gasteiger partial charge in [0.15, 0.2) is 15.0 Å². The molecule has 2 aromatic carbocycles. The topological polar surface area (TPSA) is 50.3 Å². The van der Waals surface area contributed by atoms with Gasteiger partial charge in [0.2, 0.25) is 0 Å². The Kier molecular flexibility index (Phi) is 6.92. The first-order valence-corrected chi connectivity index (χ1v) is 13.6. The minimum absolute atomic E-state index is 0.239. The largest absolute Gasteiger partial charge is 0.348 e. The number of rotatable bonds is 6. The molecule has 2 heterocycles. The number of halogens is 2. The molecule has 0 atom stereocenters. The molecule has 4 nitrogen and oxygen atoms in total. The lowest BCUT2D eigenvalue weighted by Gasteiger charge is -2.31. The molecule has 8 heteroatoms. The van der Waals surface area contributed by atoms with Gasteiger partial charge in [-0.15, -0.1) is 11.3 Å². The Bertz CT molecular complexity index is 1150. The van der Waals surface area contributed by atoms with E-state index in [1.165, 1.54) is 23.8 Å². The first kappa shape index (κ1) is 22.6. The summed E-state index contributed by atoms with van der Waals surface area (Å²) in [5.74, 6) is 0. The SMILES string of the molecule is CCCc1ccc(-c2csc(N3CCC(S(=O)(=O)c4ccc(Cl)c(Cl)c4)CC3)n2)cc1. The van der Waals surface area contributed by atoms with E-state index in [0.717, 1.165) is 29.2 Å². The molecule has 0 saturated carbocycles. The third kappa shape index (κ3) is 4.92. The number of benzene rings is 2. The summed E-state index contributed by atoms with van der Waals surface area (Å²) in [5, 5.41) is 3.21. The van der Waals surface area contributed by atoms with Gasteiger partial charge in [-0.25, -0.2) is 13.4 Å². The Morgan fingerprint density at radius 2 is 1.77 bits per heavy atom. The lowest BCUT2D eigenvalue weighted by atomic mass is 10.1. The van der Waals surface area contributed by atoms with Crippen molar-refractivity contribution in [3.05, 3.63) is 63.5 Å². The Morgan fingerprint density at radius 1 is 1.06 bits per heavy atom. The van der Waals surface area contributed by atoms with Gasteiger partial charge >= 0.3 is 0 Å². The van der Waals surface area contributed by atoms with E-state index in [2.05, 4.69) is 41.5 Å². The van der Waals surface area contributed by atoms with Crippen LogP contribution in [0.2, 0.25) is 10.0 Å². The summed E-state index contributed by atoms with van der Waals surface area (Å²) in [4.78, 5) is 7.23. The highest BCUT2D eigenvalue weighted by Crippen LogP contribution is 2.33. The molecule has 1 aliphatic heterocycles. The number of piperidine rings is 1. The molecule has 0 N–H and O–H groups in total. The van der Waals surface area contributed by atoms with Gasteiger partial charge in [-0.3, -0.25) is 0 Å². The second-order valence-electron chi connectivity index (χ2n) is 7.77. The average Bonchev–Trinajstić information content (AvgIpc) is 3.27. The Balaban J connectivity index is 1.42. The maximum atomic E-state index is 13.0. The van der Waals surface area contributed by atoms with Crippen LogP contribution in [0.5, 0.6) is 0 Å². The lowest BCUT2D eigenvalue weighted by Crippen LogP contribution is -2.39. The second-order valence-corrected chi connectivity index (χ2v) is 11.6. The summed E-state index contributed by atoms with van der Waals surface area (Å²) in [6.07, 6.45) is 3.34. The third-order valence-corrected chi connectivity index (χ3v) is 9.55. The van der Waals surface area contributed by atoms with Crippen molar-refractivity contribution in [2.24, 2.45) is 0 Å². The van der Waals surface area contributed by atoms with Crippen LogP contribution in [0.3, 0.4) is 0 Å². The molecule has 0 spiro atoms. The quantitative estimate of drug-likeness (QED) is 0.391. The molecular formula is C23H24Cl2N2O2S2. The fraction of sp³-hybridized carbons (Fsp3) is 0.348. The standard InChI is InChI=1S/C23H24Cl2N2O2S2/c1-2-3-16-4-6-17(7-5-16)22-15-30-23(26-22)27-12-10-18(11-13-27)31(28,29)19-8-9-20(24)21(25)14-19/h4-9,14-15,18H,2-3,10-13H2,1H3. The van der Waals surface area contributed by atoms with Gasteiger partial charge in [-0.1, -0.05) is 60.8 Å². The number of hydrogen-bond donors (Lipinski definition) is 0. The Hall–Kier alpha value is -1.60. The van der Waals surface area contributed by atoms with Crippen molar-refractivity contribution < 1.29 is 8.42 Å². The van der Waals surface area contributed by atoms with Crippen molar-refractivity contribution >= 4 is 49.5 Å². The highest BCUT2D eigenvalue weighted by atomic mass is 35.5. The number of aromatic nitrogens is 1. The number of nitrogens with zero attached hydrogens (tertiary/aromatic N) is 2. The van der Waals surface area contributed by atoms with Crippen molar-refractivity contribution in [2.75, 3.05) is 18.0 Å². The third-order valence-electron chi connectivity index (χ3n) is 5.65. The van der Waals surface area contributed by atoms with Crippen molar-refractivity contribution in [1.29, 1.82) is 0 Å². The predicted octanol–water partition coefficient (Wildman–Crippen LogP) is 6.51. The van der Waals surface area contributed by atoms with Crippen molar-refractivity contribution in [3.63, 3.8) is 0 Å². The summed E-state index contributed by atoms with van der Waals surface area (Å²) < 4.78 is 26.0. The molecule has 0 unspecified atom stereocenters. The predicted molar refractivity (Wildman–Crippen MR) is 130 cm³/mol. The van der Waals surface area contributed by atoms with Gasteiger partial charge in [-0.2, -0.15) is 0 Å². The van der Waals surface area contributed by atoms with E-state index in [0.29, 0.717) is 31.0 Å². The summed E-state index contributed by atoms with van der Waals surface area (Å²) in [5.41, 5.74) is 3.42. The normalized spacial score (nSPS) is 15.4. The second kappa shape index (κ2) is 9.49. The highest BCUT2D eigenvalue weighted by molar-refractivity contribution is 7.92. The van der Waals surface area contributed by atoms with Gasteiger partial charge in [-0.05, 0) is 43.0 Å². The van der Waals surface area contributed by atoms with Crippen LogP contribution >= 0.6 is 34.5 Å². The zero-order valence-electron chi connectivity index (χ0n) is 17.2. The minimum Gasteiger partial charge on any atom is -0.348 e. The molecule has 1 fully saturated rings. The fourth-order valence-electron chi connectivity index (χ4n) is 3.88. The van der Waals surface area contributed by atoms with Crippen LogP contribution in [-0.2, 0) is 16.3 Å². The van der Waals surface area contributed by atoms with Crippen LogP contribution in [-0.4, -0.2) is 31.7 Å². The number of sulfone groups is 1. The van der Waals surface area contributed by atoms with E-state index >= 15 is 0 Å². The first-order chi connectivity index (χ1) is 14.9. The maximum Gasteiger partial charge on any atom is 0.185 e. The molecule has 164 valence electrons. The van der Waals surface area contributed by atoms with Crippen LogP contribution < -0.4 is 4.90 Å². The summed E-state index contributed by atoms with van der Waals surface area (Å²) in [6, 6.07) is 13.1. The minimum atomic E-state index is -3.44. The van der Waals surface area contributed by atoms with Crippen LogP contribution in [0.25, 0.3) is 11.3 Å². The van der Waals surface area contributed by atoms with E-state index < -0.39 is 15.1 Å². The van der Waals surface area contributed by atoms with E-state index in [1.807, 2.05) is 0 Å².